The molecule has 266 valence electrons. The number of carbonyl (C=O) groups is 4. The highest BCUT2D eigenvalue weighted by atomic mass is 16.3. The first-order valence-electron chi connectivity index (χ1n) is 17.7. The number of hydrogen-bond donors (Lipinski definition) is 5. The molecule has 0 heterocycles. The van der Waals surface area contributed by atoms with Crippen molar-refractivity contribution < 1.29 is 24.3 Å². The highest BCUT2D eigenvalue weighted by Gasteiger charge is 2.31. The Hall–Kier alpha value is -4.76. The van der Waals surface area contributed by atoms with Gasteiger partial charge in [0.25, 0.3) is 5.91 Å². The largest absolute Gasteiger partial charge is 0.390 e. The Balaban J connectivity index is 1.59. The fraction of sp³-hybridized carbons (Fsp3) is 0.415. The van der Waals surface area contributed by atoms with Crippen molar-refractivity contribution in [2.24, 2.45) is 17.8 Å². The van der Waals surface area contributed by atoms with E-state index in [1.54, 1.807) is 0 Å². The fourth-order valence-electron chi connectivity index (χ4n) is 6.28. The van der Waals surface area contributed by atoms with Crippen LogP contribution in [0.15, 0.2) is 84.9 Å². The molecule has 4 amide bonds. The summed E-state index contributed by atoms with van der Waals surface area (Å²) in [5.74, 6) is -2.10. The summed E-state index contributed by atoms with van der Waals surface area (Å²) in [5.41, 5.74) is 1.99. The lowest BCUT2D eigenvalue weighted by molar-refractivity contribution is -0.135. The molecule has 0 saturated heterocycles. The molecule has 9 heteroatoms. The summed E-state index contributed by atoms with van der Waals surface area (Å²) < 4.78 is 0. The van der Waals surface area contributed by atoms with Crippen molar-refractivity contribution in [2.75, 3.05) is 6.54 Å². The molecule has 9 nitrogen and oxygen atoms in total. The van der Waals surface area contributed by atoms with E-state index in [0.29, 0.717) is 31.7 Å². The highest BCUT2D eigenvalue weighted by molar-refractivity contribution is 5.93. The molecule has 4 rings (SSSR count). The number of amides is 4. The predicted molar refractivity (Wildman–Crippen MR) is 199 cm³/mol. The van der Waals surface area contributed by atoms with E-state index < -0.39 is 42.0 Å². The zero-order valence-electron chi connectivity index (χ0n) is 29.9. The summed E-state index contributed by atoms with van der Waals surface area (Å²) in [6, 6.07) is 27.3. The van der Waals surface area contributed by atoms with Gasteiger partial charge in [-0.1, -0.05) is 119 Å². The van der Waals surface area contributed by atoms with Crippen molar-refractivity contribution in [1.82, 2.24) is 21.3 Å². The molecule has 4 aromatic carbocycles. The molecule has 4 atom stereocenters. The van der Waals surface area contributed by atoms with Crippen molar-refractivity contribution in [3.8, 4) is 0 Å². The van der Waals surface area contributed by atoms with Gasteiger partial charge in [0.2, 0.25) is 17.7 Å². The van der Waals surface area contributed by atoms with Gasteiger partial charge in [-0.25, -0.2) is 0 Å². The lowest BCUT2D eigenvalue weighted by Gasteiger charge is -2.29. The van der Waals surface area contributed by atoms with Crippen LogP contribution in [0.3, 0.4) is 0 Å². The molecule has 0 bridgehead atoms. The topological polar surface area (TPSA) is 137 Å². The Bertz CT molecular complexity index is 1680. The minimum absolute atomic E-state index is 0.0812. The van der Waals surface area contributed by atoms with Crippen molar-refractivity contribution in [3.63, 3.8) is 0 Å². The van der Waals surface area contributed by atoms with E-state index in [4.69, 9.17) is 0 Å². The van der Waals surface area contributed by atoms with Crippen LogP contribution in [0, 0.1) is 17.8 Å². The van der Waals surface area contributed by atoms with Crippen LogP contribution in [0.5, 0.6) is 0 Å². The maximum Gasteiger partial charge on any atom is 0.263 e. The zero-order valence-corrected chi connectivity index (χ0v) is 29.9. The second-order valence-electron chi connectivity index (χ2n) is 13.9. The minimum atomic E-state index is -1.40. The van der Waals surface area contributed by atoms with Crippen LogP contribution in [-0.2, 0) is 32.0 Å². The average Bonchev–Trinajstić information content (AvgIpc) is 3.09. The van der Waals surface area contributed by atoms with E-state index in [2.05, 4.69) is 21.3 Å². The van der Waals surface area contributed by atoms with Crippen LogP contribution in [-0.4, -0.2) is 53.6 Å². The quantitative estimate of drug-likeness (QED) is 0.0950. The summed E-state index contributed by atoms with van der Waals surface area (Å²) in [6.07, 6.45) is -0.673. The van der Waals surface area contributed by atoms with Crippen molar-refractivity contribution >= 4 is 45.2 Å². The molecule has 4 aromatic rings. The average molecular weight is 681 g/mol. The van der Waals surface area contributed by atoms with Crippen molar-refractivity contribution in [2.45, 2.75) is 85.0 Å². The number of rotatable bonds is 17. The van der Waals surface area contributed by atoms with Gasteiger partial charge in [0.05, 0.1) is 18.6 Å². The second-order valence-corrected chi connectivity index (χ2v) is 13.9. The molecule has 1 unspecified atom stereocenters. The summed E-state index contributed by atoms with van der Waals surface area (Å²) in [7, 11) is 0. The molecule has 0 aliphatic heterocycles. The lowest BCUT2D eigenvalue weighted by Crippen LogP contribution is -2.60. The summed E-state index contributed by atoms with van der Waals surface area (Å²) in [4.78, 5) is 53.0. The number of carbonyl (C=O) groups excluding carboxylic acids is 4. The van der Waals surface area contributed by atoms with E-state index in [1.807, 2.05) is 113 Å². The summed E-state index contributed by atoms with van der Waals surface area (Å²) in [6.45, 7) is 9.75. The van der Waals surface area contributed by atoms with Crippen LogP contribution in [0.4, 0.5) is 0 Å². The fourth-order valence-corrected chi connectivity index (χ4v) is 6.28. The van der Waals surface area contributed by atoms with Crippen molar-refractivity contribution in [1.29, 1.82) is 0 Å². The number of nitrogens with one attached hydrogen (secondary N) is 4. The Labute approximate surface area is 295 Å². The molecule has 0 radical (unpaired) electrons. The van der Waals surface area contributed by atoms with Gasteiger partial charge in [0.15, 0.2) is 6.17 Å². The van der Waals surface area contributed by atoms with Gasteiger partial charge < -0.3 is 26.4 Å². The van der Waals surface area contributed by atoms with Gasteiger partial charge in [-0.15, -0.1) is 0 Å². The molecule has 0 aromatic heterocycles. The Kier molecular flexibility index (Phi) is 13.9. The van der Waals surface area contributed by atoms with Crippen molar-refractivity contribution in [3.05, 3.63) is 96.1 Å². The Morgan fingerprint density at radius 3 is 1.76 bits per heavy atom. The zero-order chi connectivity index (χ0) is 36.2. The maximum atomic E-state index is 14.3. The molecule has 0 fully saturated rings. The van der Waals surface area contributed by atoms with Gasteiger partial charge in [-0.2, -0.15) is 0 Å². The standard InChI is InChI=1S/C41H52N4O5/c1-6-27(4)25-42-38(48)24-37(47)36(21-26(2)3)44-41(50)39(43-28(5)46)45-40(49)33(22-31-17-11-15-29-13-7-9-19-34(29)31)23-32-18-12-16-30-14-8-10-20-35(30)32/h7-20,26-27,33,36-37,39,47H,6,21-25H2,1-5H3,(H,42,48)(H,43,46)(H,44,50)(H,45,49)/t27-,36-,37-,39?/m0/s1. The summed E-state index contributed by atoms with van der Waals surface area (Å²) >= 11 is 0. The molecule has 0 aliphatic carbocycles. The first-order chi connectivity index (χ1) is 23.9. The molecule has 50 heavy (non-hydrogen) atoms. The Morgan fingerprint density at radius 1 is 0.700 bits per heavy atom. The number of benzene rings is 4. The van der Waals surface area contributed by atoms with Gasteiger partial charge >= 0.3 is 0 Å². The van der Waals surface area contributed by atoms with Gasteiger partial charge in [0.1, 0.15) is 0 Å². The molecule has 0 saturated carbocycles. The van der Waals surface area contributed by atoms with Gasteiger partial charge in [0, 0.05) is 19.4 Å². The third-order valence-corrected chi connectivity index (χ3v) is 9.22. The van der Waals surface area contributed by atoms with Gasteiger partial charge in [-0.05, 0) is 63.8 Å². The summed E-state index contributed by atoms with van der Waals surface area (Å²) in [5, 5.41) is 26.4. The number of aliphatic hydroxyl groups excluding tert-OH is 1. The Morgan fingerprint density at radius 2 is 1.24 bits per heavy atom. The lowest BCUT2D eigenvalue weighted by atomic mass is 9.88. The molecular weight excluding hydrogens is 628 g/mol. The van der Waals surface area contributed by atoms with Crippen LogP contribution < -0.4 is 21.3 Å². The molecule has 0 aliphatic rings. The maximum absolute atomic E-state index is 14.3. The normalized spacial score (nSPS) is 13.8. The van der Waals surface area contributed by atoms with Crippen LogP contribution in [0.1, 0.15) is 65.0 Å². The predicted octanol–water partition coefficient (Wildman–Crippen LogP) is 5.42. The molecule has 0 spiro atoms. The minimum Gasteiger partial charge on any atom is -0.390 e. The number of fused-ring (bicyclic) bond motifs is 2. The molecular formula is C41H52N4O5. The van der Waals surface area contributed by atoms with Gasteiger partial charge in [-0.3, -0.25) is 19.2 Å². The van der Waals surface area contributed by atoms with Crippen LogP contribution in [0.25, 0.3) is 21.5 Å². The van der Waals surface area contributed by atoms with Crippen LogP contribution >= 0.6 is 0 Å². The highest BCUT2D eigenvalue weighted by Crippen LogP contribution is 2.26. The van der Waals surface area contributed by atoms with E-state index >= 15 is 0 Å². The van der Waals surface area contributed by atoms with E-state index in [9.17, 15) is 24.3 Å². The van der Waals surface area contributed by atoms with Crippen LogP contribution in [0.2, 0.25) is 0 Å². The monoisotopic (exact) mass is 680 g/mol. The number of hydrogen-bond acceptors (Lipinski definition) is 5. The first-order valence-corrected chi connectivity index (χ1v) is 17.7. The third kappa shape index (κ3) is 10.9. The first kappa shape index (κ1) is 38.0. The second kappa shape index (κ2) is 18.3. The van der Waals surface area contributed by atoms with E-state index in [1.165, 1.54) is 6.92 Å². The third-order valence-electron chi connectivity index (χ3n) is 9.22. The molecule has 5 N–H and O–H groups in total. The number of aliphatic hydroxyl groups is 1. The SMILES string of the molecule is CC[C@H](C)CNC(=O)C[C@H](O)[C@H](CC(C)C)NC(=O)C(NC(C)=O)NC(=O)C(Cc1cccc2ccccc12)Cc1cccc2ccccc12. The van der Waals surface area contributed by atoms with E-state index in [0.717, 1.165) is 39.1 Å². The van der Waals surface area contributed by atoms with E-state index in [-0.39, 0.29) is 18.2 Å². The smallest absolute Gasteiger partial charge is 0.263 e.